The van der Waals surface area contributed by atoms with Gasteiger partial charge in [-0.25, -0.2) is 13.1 Å². The molecular weight excluding hydrogens is 294 g/mol. The van der Waals surface area contributed by atoms with Crippen molar-refractivity contribution in [2.24, 2.45) is 0 Å². The van der Waals surface area contributed by atoms with Crippen LogP contribution in [0.25, 0.3) is 0 Å². The Morgan fingerprint density at radius 1 is 1.38 bits per heavy atom. The lowest BCUT2D eigenvalue weighted by Gasteiger charge is -2.32. The molecule has 0 saturated heterocycles. The summed E-state index contributed by atoms with van der Waals surface area (Å²) >= 11 is 0. The minimum Gasteiger partial charge on any atom is -0.332 e. The number of sulfonamides is 1. The van der Waals surface area contributed by atoms with Gasteiger partial charge >= 0.3 is 0 Å². The van der Waals surface area contributed by atoms with Gasteiger partial charge in [0.2, 0.25) is 15.9 Å². The summed E-state index contributed by atoms with van der Waals surface area (Å²) in [4.78, 5) is 13.7. The number of nitrogens with zero attached hydrogens (tertiary/aromatic N) is 4. The van der Waals surface area contributed by atoms with Crippen molar-refractivity contribution in [2.75, 3.05) is 19.3 Å². The van der Waals surface area contributed by atoms with Crippen molar-refractivity contribution in [3.05, 3.63) is 11.6 Å². The van der Waals surface area contributed by atoms with E-state index < -0.39 is 10.0 Å². The number of carbonyl (C=O) groups excluding carboxylic acids is 1. The van der Waals surface area contributed by atoms with E-state index in [9.17, 15) is 13.2 Å². The molecular formula is C12H19N5O3S. The molecule has 2 aliphatic rings. The molecule has 8 nitrogen and oxygen atoms in total. The monoisotopic (exact) mass is 313 g/mol. The van der Waals surface area contributed by atoms with E-state index in [0.29, 0.717) is 19.0 Å². The van der Waals surface area contributed by atoms with Gasteiger partial charge in [0, 0.05) is 12.5 Å². The highest BCUT2D eigenvalue weighted by Gasteiger charge is 2.35. The molecule has 0 unspecified atom stereocenters. The van der Waals surface area contributed by atoms with Crippen LogP contribution in [0.5, 0.6) is 0 Å². The molecule has 1 aliphatic heterocycles. The number of aromatic nitrogens is 3. The van der Waals surface area contributed by atoms with Crippen molar-refractivity contribution in [1.29, 1.82) is 0 Å². The number of hydrogen-bond acceptors (Lipinski definition) is 5. The predicted molar refractivity (Wildman–Crippen MR) is 75.0 cm³/mol. The Morgan fingerprint density at radius 2 is 2.10 bits per heavy atom. The van der Waals surface area contributed by atoms with E-state index in [4.69, 9.17) is 0 Å². The Morgan fingerprint density at radius 3 is 2.71 bits per heavy atom. The molecule has 1 fully saturated rings. The second-order valence-corrected chi connectivity index (χ2v) is 7.67. The van der Waals surface area contributed by atoms with Gasteiger partial charge in [-0.05, 0) is 19.8 Å². The SMILES string of the molecule is C[C@H]1CN(C(=O)CNS(C)(=O)=O)Cc2nnc(C3CC3)n21. The molecule has 1 saturated carbocycles. The van der Waals surface area contributed by atoms with Crippen molar-refractivity contribution in [3.63, 3.8) is 0 Å². The number of nitrogens with one attached hydrogen (secondary N) is 1. The number of amides is 1. The van der Waals surface area contributed by atoms with E-state index in [1.54, 1.807) is 4.90 Å². The van der Waals surface area contributed by atoms with Gasteiger partial charge < -0.3 is 9.47 Å². The Bertz CT molecular complexity index is 664. The van der Waals surface area contributed by atoms with Gasteiger partial charge in [-0.15, -0.1) is 10.2 Å². The van der Waals surface area contributed by atoms with E-state index in [2.05, 4.69) is 19.5 Å². The minimum atomic E-state index is -3.36. The molecule has 1 aliphatic carbocycles. The molecule has 3 rings (SSSR count). The molecule has 1 atom stereocenters. The van der Waals surface area contributed by atoms with Crippen LogP contribution in [0.2, 0.25) is 0 Å². The summed E-state index contributed by atoms with van der Waals surface area (Å²) in [7, 11) is -3.36. The van der Waals surface area contributed by atoms with Crippen LogP contribution in [0.3, 0.4) is 0 Å². The topological polar surface area (TPSA) is 97.2 Å². The van der Waals surface area contributed by atoms with E-state index in [0.717, 1.165) is 30.7 Å². The third-order valence-electron chi connectivity index (χ3n) is 3.83. The highest BCUT2D eigenvalue weighted by Crippen LogP contribution is 2.40. The zero-order valence-electron chi connectivity index (χ0n) is 12.1. The average Bonchev–Trinajstić information content (AvgIpc) is 3.15. The Labute approximate surface area is 123 Å². The quantitative estimate of drug-likeness (QED) is 0.816. The summed E-state index contributed by atoms with van der Waals surface area (Å²) in [6.07, 6.45) is 3.36. The molecule has 0 spiro atoms. The zero-order chi connectivity index (χ0) is 15.2. The standard InChI is InChI=1S/C12H19N5O3S/c1-8-6-16(11(18)5-13-21(2,19)20)7-10-14-15-12(17(8)10)9-3-4-9/h8-9,13H,3-7H2,1-2H3/t8-/m0/s1. The molecule has 9 heteroatoms. The van der Waals surface area contributed by atoms with Crippen molar-refractivity contribution < 1.29 is 13.2 Å². The second-order valence-electron chi connectivity index (χ2n) is 5.84. The Balaban J connectivity index is 1.71. The fourth-order valence-electron chi connectivity index (χ4n) is 2.68. The molecule has 116 valence electrons. The molecule has 1 aromatic rings. The number of carbonyl (C=O) groups is 1. The van der Waals surface area contributed by atoms with E-state index in [1.807, 2.05) is 6.92 Å². The lowest BCUT2D eigenvalue weighted by Crippen LogP contribution is -2.45. The van der Waals surface area contributed by atoms with Crippen LogP contribution in [0.4, 0.5) is 0 Å². The summed E-state index contributed by atoms with van der Waals surface area (Å²) in [5.74, 6) is 2.08. The van der Waals surface area contributed by atoms with Crippen LogP contribution in [0.15, 0.2) is 0 Å². The summed E-state index contributed by atoms with van der Waals surface area (Å²) in [5.41, 5.74) is 0. The van der Waals surface area contributed by atoms with Crippen molar-refractivity contribution >= 4 is 15.9 Å². The predicted octanol–water partition coefficient (Wildman–Crippen LogP) is -0.392. The van der Waals surface area contributed by atoms with Gasteiger partial charge in [0.05, 0.1) is 25.4 Å². The average molecular weight is 313 g/mol. The van der Waals surface area contributed by atoms with Crippen molar-refractivity contribution in [2.45, 2.75) is 38.3 Å². The Hall–Kier alpha value is -1.48. The smallest absolute Gasteiger partial charge is 0.238 e. The second kappa shape index (κ2) is 5.06. The third-order valence-corrected chi connectivity index (χ3v) is 4.50. The molecule has 2 heterocycles. The molecule has 1 N–H and O–H groups in total. The maximum absolute atomic E-state index is 12.1. The van der Waals surface area contributed by atoms with E-state index in [1.165, 1.54) is 0 Å². The van der Waals surface area contributed by atoms with Crippen molar-refractivity contribution in [3.8, 4) is 0 Å². The molecule has 21 heavy (non-hydrogen) atoms. The summed E-state index contributed by atoms with van der Waals surface area (Å²) < 4.78 is 26.5. The molecule has 0 bridgehead atoms. The summed E-state index contributed by atoms with van der Waals surface area (Å²) in [6.45, 7) is 2.75. The van der Waals surface area contributed by atoms with Gasteiger partial charge in [-0.2, -0.15) is 0 Å². The number of fused-ring (bicyclic) bond motifs is 1. The lowest BCUT2D eigenvalue weighted by molar-refractivity contribution is -0.131. The largest absolute Gasteiger partial charge is 0.332 e. The van der Waals surface area contributed by atoms with Gasteiger partial charge in [-0.3, -0.25) is 4.79 Å². The number of hydrogen-bond donors (Lipinski definition) is 1. The highest BCUT2D eigenvalue weighted by molar-refractivity contribution is 7.88. The molecule has 0 radical (unpaired) electrons. The van der Waals surface area contributed by atoms with Crippen LogP contribution in [0.1, 0.15) is 43.4 Å². The normalized spacial score (nSPS) is 22.2. The Kier molecular flexibility index (Phi) is 3.48. The van der Waals surface area contributed by atoms with Gasteiger partial charge in [0.1, 0.15) is 5.82 Å². The van der Waals surface area contributed by atoms with Crippen LogP contribution in [-0.2, 0) is 21.4 Å². The fourth-order valence-corrected chi connectivity index (χ4v) is 3.06. The first-order valence-electron chi connectivity index (χ1n) is 7.01. The van der Waals surface area contributed by atoms with Crippen LogP contribution in [0, 0.1) is 0 Å². The number of rotatable bonds is 4. The lowest BCUT2D eigenvalue weighted by atomic mass is 10.2. The van der Waals surface area contributed by atoms with Gasteiger partial charge in [0.25, 0.3) is 0 Å². The fraction of sp³-hybridized carbons (Fsp3) is 0.750. The van der Waals surface area contributed by atoms with Crippen LogP contribution < -0.4 is 4.72 Å². The maximum atomic E-state index is 12.1. The van der Waals surface area contributed by atoms with Crippen molar-refractivity contribution in [1.82, 2.24) is 24.4 Å². The van der Waals surface area contributed by atoms with Crippen LogP contribution >= 0.6 is 0 Å². The highest BCUT2D eigenvalue weighted by atomic mass is 32.2. The van der Waals surface area contributed by atoms with Gasteiger partial charge in [-0.1, -0.05) is 0 Å². The first kappa shape index (κ1) is 14.5. The first-order chi connectivity index (χ1) is 9.85. The molecule has 1 amide bonds. The maximum Gasteiger partial charge on any atom is 0.238 e. The summed E-state index contributed by atoms with van der Waals surface area (Å²) in [5, 5.41) is 8.44. The van der Waals surface area contributed by atoms with Gasteiger partial charge in [0.15, 0.2) is 5.82 Å². The van der Waals surface area contributed by atoms with E-state index >= 15 is 0 Å². The summed E-state index contributed by atoms with van der Waals surface area (Å²) in [6, 6.07) is 0.113. The molecule has 1 aromatic heterocycles. The molecule has 0 aromatic carbocycles. The zero-order valence-corrected chi connectivity index (χ0v) is 12.9. The minimum absolute atomic E-state index is 0.113. The van der Waals surface area contributed by atoms with E-state index in [-0.39, 0.29) is 18.5 Å². The first-order valence-corrected chi connectivity index (χ1v) is 8.90. The van der Waals surface area contributed by atoms with Crippen LogP contribution in [-0.4, -0.2) is 53.3 Å². The third kappa shape index (κ3) is 3.08.